The fraction of sp³-hybridized carbons (Fsp3) is 0.600. The van der Waals surface area contributed by atoms with Crippen LogP contribution in [0.3, 0.4) is 0 Å². The van der Waals surface area contributed by atoms with Gasteiger partial charge in [0.2, 0.25) is 5.89 Å². The van der Waals surface area contributed by atoms with Gasteiger partial charge in [-0.15, -0.1) is 0 Å². The number of oxazole rings is 1. The Bertz CT molecular complexity index is 692. The van der Waals surface area contributed by atoms with Crippen LogP contribution in [0.2, 0.25) is 0 Å². The molecule has 1 aliphatic carbocycles. The average Bonchev–Trinajstić information content (AvgIpc) is 3.34. The van der Waals surface area contributed by atoms with Crippen LogP contribution in [0.1, 0.15) is 63.9 Å². The molecule has 2 aromatic heterocycles. The van der Waals surface area contributed by atoms with Gasteiger partial charge in [0.25, 0.3) is 0 Å². The summed E-state index contributed by atoms with van der Waals surface area (Å²) in [5.74, 6) is 3.33. The van der Waals surface area contributed by atoms with E-state index in [-0.39, 0.29) is 5.41 Å². The van der Waals surface area contributed by atoms with Gasteiger partial charge in [-0.2, -0.15) is 0 Å². The summed E-state index contributed by atoms with van der Waals surface area (Å²) >= 11 is 0. The maximum Gasteiger partial charge on any atom is 0.216 e. The number of furan rings is 1. The lowest BCUT2D eigenvalue weighted by atomic mass is 9.94. The first kappa shape index (κ1) is 18.5. The Labute approximate surface area is 155 Å². The lowest BCUT2D eigenvalue weighted by Crippen LogP contribution is -2.43. The van der Waals surface area contributed by atoms with Gasteiger partial charge in [0.05, 0.1) is 12.5 Å². The quantitative estimate of drug-likeness (QED) is 0.607. The number of hydrogen-bond donors (Lipinski definition) is 2. The van der Waals surface area contributed by atoms with E-state index in [9.17, 15) is 0 Å². The molecular weight excluding hydrogens is 328 g/mol. The standard InChI is InChI=1S/C20H30N4O2/c1-20(2,3)17-13-22-18(26-17)14-23-19(24-15-7-4-5-8-15)21-11-10-16-9-6-12-25-16/h6,9,12-13,15H,4-5,7-8,10-11,14H2,1-3H3,(H2,21,23,24). The molecule has 0 radical (unpaired) electrons. The Morgan fingerprint density at radius 3 is 2.77 bits per heavy atom. The molecule has 1 saturated carbocycles. The molecule has 26 heavy (non-hydrogen) atoms. The highest BCUT2D eigenvalue weighted by atomic mass is 16.4. The molecule has 0 unspecified atom stereocenters. The summed E-state index contributed by atoms with van der Waals surface area (Å²) in [6, 6.07) is 4.40. The molecule has 1 fully saturated rings. The summed E-state index contributed by atoms with van der Waals surface area (Å²) in [5, 5.41) is 6.94. The number of nitrogens with one attached hydrogen (secondary N) is 2. The molecule has 6 heteroatoms. The van der Waals surface area contributed by atoms with Crippen LogP contribution in [0.5, 0.6) is 0 Å². The Morgan fingerprint density at radius 2 is 2.12 bits per heavy atom. The molecule has 2 N–H and O–H groups in total. The van der Waals surface area contributed by atoms with Gasteiger partial charge in [0.15, 0.2) is 5.96 Å². The third-order valence-corrected chi connectivity index (χ3v) is 4.61. The molecule has 0 spiro atoms. The summed E-state index contributed by atoms with van der Waals surface area (Å²) in [6.07, 6.45) is 9.30. The molecule has 0 aliphatic heterocycles. The minimum absolute atomic E-state index is 0.0405. The van der Waals surface area contributed by atoms with E-state index in [4.69, 9.17) is 8.83 Å². The van der Waals surface area contributed by atoms with Gasteiger partial charge in [-0.25, -0.2) is 9.98 Å². The molecule has 0 aromatic carbocycles. The zero-order valence-electron chi connectivity index (χ0n) is 16.0. The lowest BCUT2D eigenvalue weighted by molar-refractivity contribution is 0.383. The molecule has 2 aromatic rings. The zero-order chi connectivity index (χ0) is 18.4. The van der Waals surface area contributed by atoms with Crippen LogP contribution >= 0.6 is 0 Å². The second kappa shape index (κ2) is 8.43. The summed E-state index contributed by atoms with van der Waals surface area (Å²) in [5.41, 5.74) is -0.0405. The normalized spacial score (nSPS) is 16.2. The summed E-state index contributed by atoms with van der Waals surface area (Å²) in [4.78, 5) is 9.04. The Balaban J connectivity index is 1.59. The molecule has 0 bridgehead atoms. The Morgan fingerprint density at radius 1 is 1.31 bits per heavy atom. The smallest absolute Gasteiger partial charge is 0.216 e. The third-order valence-electron chi connectivity index (χ3n) is 4.61. The topological polar surface area (TPSA) is 75.6 Å². The Hall–Kier alpha value is -2.24. The lowest BCUT2D eigenvalue weighted by Gasteiger charge is -2.17. The number of hydrogen-bond acceptors (Lipinski definition) is 4. The minimum atomic E-state index is -0.0405. The van der Waals surface area contributed by atoms with E-state index in [2.05, 4.69) is 41.4 Å². The minimum Gasteiger partial charge on any atom is -0.469 e. The highest BCUT2D eigenvalue weighted by Gasteiger charge is 2.19. The van der Waals surface area contributed by atoms with Crippen molar-refractivity contribution in [3.05, 3.63) is 42.0 Å². The maximum absolute atomic E-state index is 5.84. The molecular formula is C20H30N4O2. The zero-order valence-corrected chi connectivity index (χ0v) is 16.0. The highest BCUT2D eigenvalue weighted by molar-refractivity contribution is 5.80. The van der Waals surface area contributed by atoms with E-state index < -0.39 is 0 Å². The number of nitrogens with zero attached hydrogens (tertiary/aromatic N) is 2. The largest absolute Gasteiger partial charge is 0.469 e. The Kier molecular flexibility index (Phi) is 6.01. The van der Waals surface area contributed by atoms with Crippen molar-refractivity contribution >= 4 is 5.96 Å². The van der Waals surface area contributed by atoms with Gasteiger partial charge in [-0.05, 0) is 25.0 Å². The van der Waals surface area contributed by atoms with Gasteiger partial charge in [-0.1, -0.05) is 33.6 Å². The number of aromatic nitrogens is 1. The molecule has 2 heterocycles. The molecule has 1 aliphatic rings. The van der Waals surface area contributed by atoms with E-state index in [1.807, 2.05) is 12.1 Å². The first-order chi connectivity index (χ1) is 12.5. The van der Waals surface area contributed by atoms with Crippen LogP contribution in [0.25, 0.3) is 0 Å². The van der Waals surface area contributed by atoms with Crippen molar-refractivity contribution in [2.24, 2.45) is 4.99 Å². The second-order valence-corrected chi connectivity index (χ2v) is 7.91. The summed E-state index contributed by atoms with van der Waals surface area (Å²) in [7, 11) is 0. The van der Waals surface area contributed by atoms with E-state index in [0.717, 1.165) is 30.4 Å². The van der Waals surface area contributed by atoms with Crippen molar-refractivity contribution in [2.45, 2.75) is 70.9 Å². The first-order valence-electron chi connectivity index (χ1n) is 9.53. The number of rotatable bonds is 6. The number of aliphatic imine (C=N–C) groups is 1. The van der Waals surface area contributed by atoms with Crippen LogP contribution in [0, 0.1) is 0 Å². The summed E-state index contributed by atoms with van der Waals surface area (Å²) in [6.45, 7) is 7.54. The fourth-order valence-corrected chi connectivity index (χ4v) is 3.05. The van der Waals surface area contributed by atoms with Crippen molar-refractivity contribution < 1.29 is 8.83 Å². The van der Waals surface area contributed by atoms with E-state index in [1.54, 1.807) is 12.5 Å². The SMILES string of the molecule is CC(C)(C)c1cnc(CN=C(NCCc2ccco2)NC2CCCC2)o1. The van der Waals surface area contributed by atoms with Gasteiger partial charge in [0, 0.05) is 24.4 Å². The van der Waals surface area contributed by atoms with Gasteiger partial charge in [0.1, 0.15) is 18.1 Å². The van der Waals surface area contributed by atoms with Crippen molar-refractivity contribution in [3.63, 3.8) is 0 Å². The summed E-state index contributed by atoms with van der Waals surface area (Å²) < 4.78 is 11.2. The first-order valence-corrected chi connectivity index (χ1v) is 9.53. The van der Waals surface area contributed by atoms with Gasteiger partial charge >= 0.3 is 0 Å². The van der Waals surface area contributed by atoms with Crippen LogP contribution in [-0.2, 0) is 18.4 Å². The van der Waals surface area contributed by atoms with Crippen LogP contribution in [0.15, 0.2) is 38.4 Å². The molecule has 0 amide bonds. The maximum atomic E-state index is 5.84. The second-order valence-electron chi connectivity index (χ2n) is 7.91. The predicted molar refractivity (Wildman–Crippen MR) is 102 cm³/mol. The average molecular weight is 358 g/mol. The van der Waals surface area contributed by atoms with E-state index >= 15 is 0 Å². The fourth-order valence-electron chi connectivity index (χ4n) is 3.05. The molecule has 3 rings (SSSR count). The molecule has 6 nitrogen and oxygen atoms in total. The van der Waals surface area contributed by atoms with E-state index in [0.29, 0.717) is 18.5 Å². The van der Waals surface area contributed by atoms with E-state index in [1.165, 1.54) is 25.7 Å². The van der Waals surface area contributed by atoms with Crippen molar-refractivity contribution in [1.82, 2.24) is 15.6 Å². The van der Waals surface area contributed by atoms with Crippen LogP contribution < -0.4 is 10.6 Å². The van der Waals surface area contributed by atoms with Crippen molar-refractivity contribution in [3.8, 4) is 0 Å². The molecule has 0 atom stereocenters. The third kappa shape index (κ3) is 5.38. The highest BCUT2D eigenvalue weighted by Crippen LogP contribution is 2.23. The van der Waals surface area contributed by atoms with Gasteiger partial charge < -0.3 is 19.5 Å². The van der Waals surface area contributed by atoms with Crippen LogP contribution in [-0.4, -0.2) is 23.5 Å². The molecule has 0 saturated heterocycles. The molecule has 142 valence electrons. The van der Waals surface area contributed by atoms with Gasteiger partial charge in [-0.3, -0.25) is 0 Å². The number of guanidine groups is 1. The van der Waals surface area contributed by atoms with Crippen LogP contribution in [0.4, 0.5) is 0 Å². The van der Waals surface area contributed by atoms with Crippen molar-refractivity contribution in [1.29, 1.82) is 0 Å². The monoisotopic (exact) mass is 358 g/mol. The predicted octanol–water partition coefficient (Wildman–Crippen LogP) is 3.79. The van der Waals surface area contributed by atoms with Crippen molar-refractivity contribution in [2.75, 3.05) is 6.54 Å².